The molecule has 0 rings (SSSR count). The number of rotatable bonds is 13. The molecule has 1 atom stereocenters. The summed E-state index contributed by atoms with van der Waals surface area (Å²) in [6.07, 6.45) is 7.10. The third kappa shape index (κ3) is 22.8. The highest BCUT2D eigenvalue weighted by Crippen LogP contribution is 2.06. The minimum absolute atomic E-state index is 0.221. The predicted molar refractivity (Wildman–Crippen MR) is 86.9 cm³/mol. The maximum atomic E-state index is 10.3. The summed E-state index contributed by atoms with van der Waals surface area (Å²) in [6, 6.07) is 0. The maximum absolute atomic E-state index is 10.3. The van der Waals surface area contributed by atoms with Crippen molar-refractivity contribution in [1.82, 2.24) is 0 Å². The van der Waals surface area contributed by atoms with E-state index in [-0.39, 0.29) is 12.8 Å². The smallest absolute Gasteiger partial charge is 0.303 e. The highest BCUT2D eigenvalue weighted by Gasteiger charge is 2.08. The molecule has 0 saturated heterocycles. The molecular weight excluding hydrogens is 302 g/mol. The second-order valence-corrected chi connectivity index (χ2v) is 5.47. The van der Waals surface area contributed by atoms with Crippen molar-refractivity contribution in [3.63, 3.8) is 0 Å². The van der Waals surface area contributed by atoms with E-state index in [9.17, 15) is 14.4 Å². The molecule has 136 valence electrons. The van der Waals surface area contributed by atoms with Gasteiger partial charge in [-0.3, -0.25) is 14.4 Å². The van der Waals surface area contributed by atoms with E-state index in [0.29, 0.717) is 19.3 Å². The predicted octanol–water partition coefficient (Wildman–Crippen LogP) is 2.30. The third-order valence-corrected chi connectivity index (χ3v) is 3.19. The van der Waals surface area contributed by atoms with Crippen LogP contribution in [0.1, 0.15) is 77.6 Å². The van der Waals surface area contributed by atoms with E-state index in [0.717, 1.165) is 38.5 Å². The number of aliphatic hydroxyl groups is 1. The number of hydrogen-bond acceptors (Lipinski definition) is 4. The van der Waals surface area contributed by atoms with Crippen molar-refractivity contribution in [3.05, 3.63) is 0 Å². The normalized spacial score (nSPS) is 11.2. The second kappa shape index (κ2) is 16.7. The van der Waals surface area contributed by atoms with E-state index in [1.807, 2.05) is 0 Å². The monoisotopic (exact) mass is 333 g/mol. The summed E-state index contributed by atoms with van der Waals surface area (Å²) in [4.78, 5) is 30.5. The van der Waals surface area contributed by atoms with E-state index < -0.39 is 23.9 Å². The summed E-state index contributed by atoms with van der Waals surface area (Å²) in [7, 11) is 0. The van der Waals surface area contributed by atoms with Gasteiger partial charge in [0.05, 0.1) is 0 Å². The van der Waals surface area contributed by atoms with Gasteiger partial charge in [-0.05, 0) is 19.3 Å². The number of unbranched alkanes of at least 4 members (excludes halogenated alkanes) is 6. The van der Waals surface area contributed by atoms with E-state index in [1.165, 1.54) is 0 Å². The molecule has 7 nitrogen and oxygen atoms in total. The Morgan fingerprint density at radius 1 is 0.826 bits per heavy atom. The number of nitrogens with two attached hydrogens (primary N) is 1. The summed E-state index contributed by atoms with van der Waals surface area (Å²) in [5, 5.41) is 25.5. The van der Waals surface area contributed by atoms with E-state index in [1.54, 1.807) is 0 Å². The molecule has 0 aromatic heterocycles. The van der Waals surface area contributed by atoms with Crippen molar-refractivity contribution < 1.29 is 29.7 Å². The van der Waals surface area contributed by atoms with E-state index in [2.05, 4.69) is 6.92 Å². The molecule has 1 amide bonds. The maximum Gasteiger partial charge on any atom is 0.303 e. The molecule has 0 aliphatic heterocycles. The minimum atomic E-state index is -0.938. The SMILES string of the molecule is CCCCCC(O)C(N)=O.O=C(O)CCCCCCCC(=O)O. The van der Waals surface area contributed by atoms with Gasteiger partial charge in [-0.15, -0.1) is 0 Å². The van der Waals surface area contributed by atoms with Crippen molar-refractivity contribution in [3.8, 4) is 0 Å². The lowest BCUT2D eigenvalue weighted by molar-refractivity contribution is -0.138. The fraction of sp³-hybridized carbons (Fsp3) is 0.812. The highest BCUT2D eigenvalue weighted by atomic mass is 16.4. The van der Waals surface area contributed by atoms with Crippen LogP contribution in [0.5, 0.6) is 0 Å². The van der Waals surface area contributed by atoms with Gasteiger partial charge in [0.15, 0.2) is 0 Å². The van der Waals surface area contributed by atoms with Gasteiger partial charge in [-0.1, -0.05) is 45.4 Å². The zero-order valence-corrected chi connectivity index (χ0v) is 14.0. The molecular formula is C16H31NO6. The quantitative estimate of drug-likeness (QED) is 0.381. The third-order valence-electron chi connectivity index (χ3n) is 3.19. The molecule has 0 aromatic carbocycles. The zero-order chi connectivity index (χ0) is 18.1. The summed E-state index contributed by atoms with van der Waals surface area (Å²) in [6.45, 7) is 2.07. The van der Waals surface area contributed by atoms with Crippen LogP contribution >= 0.6 is 0 Å². The molecule has 0 radical (unpaired) electrons. The summed E-state index contributed by atoms with van der Waals surface area (Å²) in [5.74, 6) is -2.13. The molecule has 0 aliphatic rings. The molecule has 0 bridgehead atoms. The highest BCUT2D eigenvalue weighted by molar-refractivity contribution is 5.78. The average molecular weight is 333 g/mol. The van der Waals surface area contributed by atoms with Gasteiger partial charge in [0.25, 0.3) is 0 Å². The Hall–Kier alpha value is -1.63. The largest absolute Gasteiger partial charge is 0.481 e. The van der Waals surface area contributed by atoms with Crippen molar-refractivity contribution in [1.29, 1.82) is 0 Å². The Balaban J connectivity index is 0. The molecule has 0 aromatic rings. The number of carbonyl (C=O) groups is 3. The lowest BCUT2D eigenvalue weighted by Crippen LogP contribution is -2.27. The first-order chi connectivity index (χ1) is 10.8. The number of aliphatic carboxylic acids is 2. The van der Waals surface area contributed by atoms with Crippen molar-refractivity contribution in [2.24, 2.45) is 5.73 Å². The lowest BCUT2D eigenvalue weighted by atomic mass is 10.1. The topological polar surface area (TPSA) is 138 Å². The first-order valence-corrected chi connectivity index (χ1v) is 8.22. The van der Waals surface area contributed by atoms with Gasteiger partial charge < -0.3 is 21.1 Å². The first-order valence-electron chi connectivity index (χ1n) is 8.22. The van der Waals surface area contributed by atoms with Crippen LogP contribution in [0.4, 0.5) is 0 Å². The molecule has 0 aliphatic carbocycles. The number of carbonyl (C=O) groups excluding carboxylic acids is 1. The van der Waals surface area contributed by atoms with Crippen molar-refractivity contribution >= 4 is 17.8 Å². The number of amides is 1. The van der Waals surface area contributed by atoms with Crippen LogP contribution in [0.2, 0.25) is 0 Å². The molecule has 5 N–H and O–H groups in total. The van der Waals surface area contributed by atoms with Gasteiger partial charge in [0, 0.05) is 12.8 Å². The minimum Gasteiger partial charge on any atom is -0.481 e. The molecule has 0 saturated carbocycles. The number of carboxylic acids is 2. The summed E-state index contributed by atoms with van der Waals surface area (Å²) < 4.78 is 0. The van der Waals surface area contributed by atoms with Crippen LogP contribution < -0.4 is 5.73 Å². The molecule has 0 fully saturated rings. The van der Waals surface area contributed by atoms with E-state index >= 15 is 0 Å². The molecule has 0 spiro atoms. The fourth-order valence-electron chi connectivity index (χ4n) is 1.81. The van der Waals surface area contributed by atoms with Crippen LogP contribution in [0.25, 0.3) is 0 Å². The zero-order valence-electron chi connectivity index (χ0n) is 14.0. The summed E-state index contributed by atoms with van der Waals surface area (Å²) in [5.41, 5.74) is 4.83. The standard InChI is InChI=1S/C9H16O4.C7H15NO2/c10-8(11)6-4-2-1-3-5-7-9(12)13;1-2-3-4-5-6(9)7(8)10/h1-7H2,(H,10,11)(H,12,13);6,9H,2-5H2,1H3,(H2,8,10). The van der Waals surface area contributed by atoms with Gasteiger partial charge >= 0.3 is 11.9 Å². The van der Waals surface area contributed by atoms with Crippen LogP contribution in [0.15, 0.2) is 0 Å². The first kappa shape index (κ1) is 23.6. The fourth-order valence-corrected chi connectivity index (χ4v) is 1.81. The Morgan fingerprint density at radius 2 is 1.26 bits per heavy atom. The number of aliphatic hydroxyl groups excluding tert-OH is 1. The number of hydrogen-bond donors (Lipinski definition) is 4. The van der Waals surface area contributed by atoms with Crippen LogP contribution in [0, 0.1) is 0 Å². The van der Waals surface area contributed by atoms with E-state index in [4.69, 9.17) is 21.1 Å². The van der Waals surface area contributed by atoms with Gasteiger partial charge in [0.1, 0.15) is 6.10 Å². The van der Waals surface area contributed by atoms with Crippen LogP contribution in [0.3, 0.4) is 0 Å². The Kier molecular flexibility index (Phi) is 17.2. The average Bonchev–Trinajstić information content (AvgIpc) is 2.46. The number of primary amides is 1. The van der Waals surface area contributed by atoms with Gasteiger partial charge in [-0.25, -0.2) is 0 Å². The Bertz CT molecular complexity index is 315. The molecule has 23 heavy (non-hydrogen) atoms. The second-order valence-electron chi connectivity index (χ2n) is 5.47. The van der Waals surface area contributed by atoms with Crippen LogP contribution in [-0.4, -0.2) is 39.3 Å². The summed E-state index contributed by atoms with van der Waals surface area (Å²) >= 11 is 0. The van der Waals surface area contributed by atoms with Gasteiger partial charge in [-0.2, -0.15) is 0 Å². The van der Waals surface area contributed by atoms with Crippen molar-refractivity contribution in [2.75, 3.05) is 0 Å². The molecule has 1 unspecified atom stereocenters. The molecule has 7 heteroatoms. The Morgan fingerprint density at radius 3 is 1.61 bits per heavy atom. The van der Waals surface area contributed by atoms with Crippen molar-refractivity contribution in [2.45, 2.75) is 83.7 Å². The lowest BCUT2D eigenvalue weighted by Gasteiger charge is -2.03. The van der Waals surface area contributed by atoms with Gasteiger partial charge in [0.2, 0.25) is 5.91 Å². The number of carboxylic acid groups (broad SMARTS) is 2. The molecule has 0 heterocycles. The van der Waals surface area contributed by atoms with Crippen LogP contribution in [-0.2, 0) is 14.4 Å². The Labute approximate surface area is 137 Å².